The van der Waals surface area contributed by atoms with Crippen LogP contribution in [0.15, 0.2) is 6.20 Å². The molecule has 0 bridgehead atoms. The molecule has 17 heavy (non-hydrogen) atoms. The molecule has 94 valence electrons. The number of nitrogens with zero attached hydrogens (tertiary/aromatic N) is 1. The van der Waals surface area contributed by atoms with E-state index in [0.717, 1.165) is 11.3 Å². The predicted octanol–water partition coefficient (Wildman–Crippen LogP) is 0.661. The van der Waals surface area contributed by atoms with Gasteiger partial charge in [0.25, 0.3) is 5.91 Å². The second kappa shape index (κ2) is 6.45. The molecule has 0 aliphatic carbocycles. The molecule has 0 saturated heterocycles. The number of carboxylic acid groups (broad SMARTS) is 1. The highest BCUT2D eigenvalue weighted by Crippen LogP contribution is 2.14. The molecule has 0 saturated carbocycles. The van der Waals surface area contributed by atoms with Gasteiger partial charge in [-0.1, -0.05) is 11.3 Å². The Balaban J connectivity index is 2.60. The van der Waals surface area contributed by atoms with Gasteiger partial charge in [0.1, 0.15) is 10.9 Å². The first-order chi connectivity index (χ1) is 8.04. The number of nitrogens with two attached hydrogens (primary N) is 1. The van der Waals surface area contributed by atoms with Crippen LogP contribution in [-0.4, -0.2) is 40.0 Å². The van der Waals surface area contributed by atoms with Gasteiger partial charge in [0.15, 0.2) is 5.13 Å². The van der Waals surface area contributed by atoms with E-state index in [9.17, 15) is 9.59 Å². The Labute approximate surface area is 107 Å². The lowest BCUT2D eigenvalue weighted by Gasteiger charge is -2.12. The van der Waals surface area contributed by atoms with Gasteiger partial charge in [-0.15, -0.1) is 0 Å². The quantitative estimate of drug-likeness (QED) is 0.704. The van der Waals surface area contributed by atoms with Crippen LogP contribution in [0.25, 0.3) is 0 Å². The molecule has 0 aliphatic heterocycles. The van der Waals surface area contributed by atoms with Gasteiger partial charge < -0.3 is 16.2 Å². The number of carboxylic acids is 1. The minimum Gasteiger partial charge on any atom is -0.480 e. The molecule has 1 amide bonds. The zero-order valence-corrected chi connectivity index (χ0v) is 10.8. The third kappa shape index (κ3) is 4.23. The number of carbonyl (C=O) groups excluding carboxylic acids is 1. The maximum Gasteiger partial charge on any atom is 0.326 e. The SMILES string of the molecule is CSCCC(NC(=O)c1cnc(N)s1)C(=O)O. The molecule has 8 heteroatoms. The molecule has 1 aromatic rings. The van der Waals surface area contributed by atoms with E-state index in [4.69, 9.17) is 10.8 Å². The Morgan fingerprint density at radius 3 is 2.88 bits per heavy atom. The second-order valence-electron chi connectivity index (χ2n) is 3.21. The Morgan fingerprint density at radius 2 is 2.41 bits per heavy atom. The van der Waals surface area contributed by atoms with Gasteiger partial charge in [-0.2, -0.15) is 11.8 Å². The zero-order valence-electron chi connectivity index (χ0n) is 9.17. The fraction of sp³-hybridized carbons (Fsp3) is 0.444. The highest BCUT2D eigenvalue weighted by molar-refractivity contribution is 7.98. The van der Waals surface area contributed by atoms with Crippen LogP contribution >= 0.6 is 23.1 Å². The van der Waals surface area contributed by atoms with Crippen molar-refractivity contribution in [1.29, 1.82) is 0 Å². The number of anilines is 1. The number of carbonyl (C=O) groups is 2. The van der Waals surface area contributed by atoms with E-state index in [1.165, 1.54) is 18.0 Å². The number of thioether (sulfide) groups is 1. The van der Waals surface area contributed by atoms with Gasteiger partial charge in [0.05, 0.1) is 6.20 Å². The van der Waals surface area contributed by atoms with E-state index >= 15 is 0 Å². The van der Waals surface area contributed by atoms with Crippen LogP contribution in [0.3, 0.4) is 0 Å². The maximum atomic E-state index is 11.7. The first-order valence-corrected chi connectivity index (χ1v) is 6.99. The van der Waals surface area contributed by atoms with E-state index < -0.39 is 17.9 Å². The van der Waals surface area contributed by atoms with Crippen LogP contribution in [0.1, 0.15) is 16.1 Å². The van der Waals surface area contributed by atoms with Crippen LogP contribution < -0.4 is 11.1 Å². The highest BCUT2D eigenvalue weighted by Gasteiger charge is 2.21. The summed E-state index contributed by atoms with van der Waals surface area (Å²) < 4.78 is 0. The number of nitrogen functional groups attached to an aromatic ring is 1. The predicted molar refractivity (Wildman–Crippen MR) is 68.4 cm³/mol. The number of hydrogen-bond acceptors (Lipinski definition) is 6. The average Bonchev–Trinajstić information content (AvgIpc) is 2.70. The van der Waals surface area contributed by atoms with Gasteiger partial charge in [0, 0.05) is 0 Å². The van der Waals surface area contributed by atoms with E-state index in [0.29, 0.717) is 17.1 Å². The van der Waals surface area contributed by atoms with Crippen LogP contribution in [-0.2, 0) is 4.79 Å². The number of aliphatic carboxylic acids is 1. The summed E-state index contributed by atoms with van der Waals surface area (Å²) in [6, 6.07) is -0.877. The summed E-state index contributed by atoms with van der Waals surface area (Å²) in [4.78, 5) is 26.6. The Morgan fingerprint density at radius 1 is 1.71 bits per heavy atom. The molecule has 1 rings (SSSR count). The molecule has 1 aromatic heterocycles. The van der Waals surface area contributed by atoms with Gasteiger partial charge in [0.2, 0.25) is 0 Å². The van der Waals surface area contributed by atoms with Gasteiger partial charge >= 0.3 is 5.97 Å². The summed E-state index contributed by atoms with van der Waals surface area (Å²) in [5.74, 6) is -0.820. The second-order valence-corrected chi connectivity index (χ2v) is 5.26. The van der Waals surface area contributed by atoms with Crippen molar-refractivity contribution in [3.8, 4) is 0 Å². The number of aromatic nitrogens is 1. The summed E-state index contributed by atoms with van der Waals surface area (Å²) in [6.45, 7) is 0. The van der Waals surface area contributed by atoms with Crippen molar-refractivity contribution < 1.29 is 14.7 Å². The minimum absolute atomic E-state index is 0.283. The normalized spacial score (nSPS) is 12.1. The first-order valence-electron chi connectivity index (χ1n) is 4.78. The lowest BCUT2D eigenvalue weighted by molar-refractivity contribution is -0.139. The lowest BCUT2D eigenvalue weighted by atomic mass is 10.2. The molecule has 0 aromatic carbocycles. The lowest BCUT2D eigenvalue weighted by Crippen LogP contribution is -2.40. The number of thiazole rings is 1. The monoisotopic (exact) mass is 275 g/mol. The molecule has 1 atom stereocenters. The highest BCUT2D eigenvalue weighted by atomic mass is 32.2. The topological polar surface area (TPSA) is 105 Å². The molecule has 0 aliphatic rings. The van der Waals surface area contributed by atoms with Crippen LogP contribution in [0, 0.1) is 0 Å². The molecule has 0 spiro atoms. The molecular formula is C9H13N3O3S2. The maximum absolute atomic E-state index is 11.7. The van der Waals surface area contributed by atoms with Crippen molar-refractivity contribution in [3.05, 3.63) is 11.1 Å². The van der Waals surface area contributed by atoms with E-state index in [-0.39, 0.29) is 5.13 Å². The van der Waals surface area contributed by atoms with Crippen molar-refractivity contribution in [2.24, 2.45) is 0 Å². The molecule has 0 radical (unpaired) electrons. The Kier molecular flexibility index (Phi) is 5.23. The molecular weight excluding hydrogens is 262 g/mol. The first kappa shape index (κ1) is 13.8. The zero-order chi connectivity index (χ0) is 12.8. The summed E-state index contributed by atoms with van der Waals surface area (Å²) in [5, 5.41) is 11.7. The van der Waals surface area contributed by atoms with Crippen molar-refractivity contribution in [1.82, 2.24) is 10.3 Å². The van der Waals surface area contributed by atoms with Gasteiger partial charge in [-0.25, -0.2) is 9.78 Å². The molecule has 1 heterocycles. The fourth-order valence-electron chi connectivity index (χ4n) is 1.12. The van der Waals surface area contributed by atoms with Gasteiger partial charge in [-0.3, -0.25) is 4.79 Å². The minimum atomic E-state index is -1.04. The Hall–Kier alpha value is -1.28. The van der Waals surface area contributed by atoms with E-state index in [1.54, 1.807) is 0 Å². The summed E-state index contributed by atoms with van der Waals surface area (Å²) in [6.07, 6.45) is 3.60. The average molecular weight is 275 g/mol. The van der Waals surface area contributed by atoms with E-state index in [2.05, 4.69) is 10.3 Å². The third-order valence-corrected chi connectivity index (χ3v) is 3.43. The standard InChI is InChI=1S/C9H13N3O3S2/c1-16-3-2-5(8(14)15)12-7(13)6-4-11-9(10)17-6/h4-5H,2-3H2,1H3,(H2,10,11)(H,12,13)(H,14,15). The number of amides is 1. The van der Waals surface area contributed by atoms with E-state index in [1.807, 2.05) is 6.26 Å². The van der Waals surface area contributed by atoms with Crippen molar-refractivity contribution in [3.63, 3.8) is 0 Å². The summed E-state index contributed by atoms with van der Waals surface area (Å²) in [5.41, 5.74) is 5.39. The Bertz CT molecular complexity index is 408. The van der Waals surface area contributed by atoms with Crippen molar-refractivity contribution >= 4 is 40.1 Å². The molecule has 4 N–H and O–H groups in total. The van der Waals surface area contributed by atoms with Crippen LogP contribution in [0.2, 0.25) is 0 Å². The summed E-state index contributed by atoms with van der Waals surface area (Å²) >= 11 is 2.56. The van der Waals surface area contributed by atoms with Gasteiger partial charge in [-0.05, 0) is 18.4 Å². The molecule has 1 unspecified atom stereocenters. The smallest absolute Gasteiger partial charge is 0.326 e. The number of rotatable bonds is 6. The summed E-state index contributed by atoms with van der Waals surface area (Å²) in [7, 11) is 0. The largest absolute Gasteiger partial charge is 0.480 e. The van der Waals surface area contributed by atoms with Crippen molar-refractivity contribution in [2.75, 3.05) is 17.7 Å². The fourth-order valence-corrected chi connectivity index (χ4v) is 2.17. The van der Waals surface area contributed by atoms with Crippen molar-refractivity contribution in [2.45, 2.75) is 12.5 Å². The van der Waals surface area contributed by atoms with Crippen LogP contribution in [0.5, 0.6) is 0 Å². The number of hydrogen-bond donors (Lipinski definition) is 3. The third-order valence-electron chi connectivity index (χ3n) is 1.96. The molecule has 0 fully saturated rings. The molecule has 6 nitrogen and oxygen atoms in total. The van der Waals surface area contributed by atoms with Crippen LogP contribution in [0.4, 0.5) is 5.13 Å². The number of nitrogens with one attached hydrogen (secondary N) is 1.